The number of rotatable bonds is 4. The molecule has 1 N–H and O–H groups in total. The van der Waals surface area contributed by atoms with Crippen molar-refractivity contribution in [3.05, 3.63) is 23.8 Å². The van der Waals surface area contributed by atoms with Crippen LogP contribution in [0.3, 0.4) is 0 Å². The van der Waals surface area contributed by atoms with Crippen LogP contribution in [0.2, 0.25) is 0 Å². The molecule has 0 unspecified atom stereocenters. The molecule has 5 heteroatoms. The molecule has 2 heterocycles. The van der Waals surface area contributed by atoms with E-state index in [9.17, 15) is 4.79 Å². The van der Waals surface area contributed by atoms with E-state index in [1.807, 2.05) is 18.2 Å². The van der Waals surface area contributed by atoms with E-state index in [-0.39, 0.29) is 5.91 Å². The third kappa shape index (κ3) is 3.29. The van der Waals surface area contributed by atoms with Gasteiger partial charge in [-0.3, -0.25) is 9.69 Å². The highest BCUT2D eigenvalue weighted by molar-refractivity contribution is 5.93. The number of nitrogens with zero attached hydrogens (tertiary/aromatic N) is 1. The fraction of sp³-hybridized carbons (Fsp3) is 0.533. The molecule has 1 aromatic carbocycles. The number of nitrogens with one attached hydrogen (secondary N) is 1. The average molecular weight is 276 g/mol. The van der Waals surface area contributed by atoms with Gasteiger partial charge in [-0.15, -0.1) is 0 Å². The minimum Gasteiger partial charge on any atom is -0.492 e. The number of hydrogen-bond acceptors (Lipinski definition) is 4. The van der Waals surface area contributed by atoms with Crippen LogP contribution in [-0.4, -0.2) is 50.3 Å². The molecule has 0 atom stereocenters. The van der Waals surface area contributed by atoms with Crippen molar-refractivity contribution < 1.29 is 14.3 Å². The summed E-state index contributed by atoms with van der Waals surface area (Å²) in [5.74, 6) is 0.978. The molecule has 1 fully saturated rings. The standard InChI is InChI=1S/C15H20N2O3/c18-15-4-1-12-11-13(2-3-14(12)16-15)20-10-7-17-5-8-19-9-6-17/h2-3,11H,1,4-10H2,(H,16,18). The van der Waals surface area contributed by atoms with Crippen molar-refractivity contribution in [2.24, 2.45) is 0 Å². The Balaban J connectivity index is 1.51. The van der Waals surface area contributed by atoms with Gasteiger partial charge in [0.1, 0.15) is 12.4 Å². The molecule has 1 amide bonds. The molecule has 0 spiro atoms. The minimum absolute atomic E-state index is 0.0958. The summed E-state index contributed by atoms with van der Waals surface area (Å²) in [6.45, 7) is 5.22. The van der Waals surface area contributed by atoms with Gasteiger partial charge in [0, 0.05) is 31.7 Å². The summed E-state index contributed by atoms with van der Waals surface area (Å²) >= 11 is 0. The zero-order valence-corrected chi connectivity index (χ0v) is 11.6. The van der Waals surface area contributed by atoms with Crippen molar-refractivity contribution in [2.45, 2.75) is 12.8 Å². The molecule has 3 rings (SSSR count). The van der Waals surface area contributed by atoms with E-state index < -0.39 is 0 Å². The molecule has 0 aromatic heterocycles. The van der Waals surface area contributed by atoms with Gasteiger partial charge in [0.25, 0.3) is 0 Å². The van der Waals surface area contributed by atoms with E-state index in [1.54, 1.807) is 0 Å². The van der Waals surface area contributed by atoms with E-state index >= 15 is 0 Å². The Kier molecular flexibility index (Phi) is 4.18. The van der Waals surface area contributed by atoms with Crippen LogP contribution in [0.5, 0.6) is 5.75 Å². The average Bonchev–Trinajstić information content (AvgIpc) is 2.48. The number of fused-ring (bicyclic) bond motifs is 1. The van der Waals surface area contributed by atoms with Crippen molar-refractivity contribution in [1.29, 1.82) is 0 Å². The summed E-state index contributed by atoms with van der Waals surface area (Å²) in [5.41, 5.74) is 2.08. The molecule has 1 saturated heterocycles. The molecule has 108 valence electrons. The second-order valence-corrected chi connectivity index (χ2v) is 5.17. The minimum atomic E-state index is 0.0958. The van der Waals surface area contributed by atoms with Crippen LogP contribution in [0.1, 0.15) is 12.0 Å². The predicted octanol–water partition coefficient (Wildman–Crippen LogP) is 1.28. The van der Waals surface area contributed by atoms with Crippen molar-refractivity contribution in [3.63, 3.8) is 0 Å². The predicted molar refractivity (Wildman–Crippen MR) is 76.1 cm³/mol. The van der Waals surface area contributed by atoms with Gasteiger partial charge in [0.2, 0.25) is 5.91 Å². The molecule has 0 aliphatic carbocycles. The number of carbonyl (C=O) groups excluding carboxylic acids is 1. The first-order valence-electron chi connectivity index (χ1n) is 7.17. The number of hydrogen-bond donors (Lipinski definition) is 1. The SMILES string of the molecule is O=C1CCc2cc(OCCN3CCOCC3)ccc2N1. The summed E-state index contributed by atoms with van der Waals surface area (Å²) in [5, 5.41) is 2.88. The number of amides is 1. The lowest BCUT2D eigenvalue weighted by molar-refractivity contribution is -0.116. The van der Waals surface area contributed by atoms with E-state index in [2.05, 4.69) is 10.2 Å². The molecule has 1 aromatic rings. The molecule has 0 radical (unpaired) electrons. The zero-order valence-electron chi connectivity index (χ0n) is 11.6. The highest BCUT2D eigenvalue weighted by Gasteiger charge is 2.15. The van der Waals surface area contributed by atoms with E-state index in [4.69, 9.17) is 9.47 Å². The molecule has 20 heavy (non-hydrogen) atoms. The third-order valence-corrected chi connectivity index (χ3v) is 3.75. The Morgan fingerprint density at radius 1 is 1.25 bits per heavy atom. The van der Waals surface area contributed by atoms with E-state index in [1.165, 1.54) is 0 Å². The van der Waals surface area contributed by atoms with Gasteiger partial charge in [-0.25, -0.2) is 0 Å². The van der Waals surface area contributed by atoms with Gasteiger partial charge >= 0.3 is 0 Å². The Morgan fingerprint density at radius 2 is 2.10 bits per heavy atom. The molecule has 2 aliphatic heterocycles. The number of morpholine rings is 1. The van der Waals surface area contributed by atoms with Gasteiger partial charge < -0.3 is 14.8 Å². The van der Waals surface area contributed by atoms with Crippen molar-refractivity contribution in [1.82, 2.24) is 4.90 Å². The van der Waals surface area contributed by atoms with Crippen LogP contribution < -0.4 is 10.1 Å². The lowest BCUT2D eigenvalue weighted by Gasteiger charge is -2.26. The second kappa shape index (κ2) is 6.24. The number of carbonyl (C=O) groups is 1. The summed E-state index contributed by atoms with van der Waals surface area (Å²) in [6.07, 6.45) is 1.35. The monoisotopic (exact) mass is 276 g/mol. The third-order valence-electron chi connectivity index (χ3n) is 3.75. The van der Waals surface area contributed by atoms with Crippen molar-refractivity contribution in [2.75, 3.05) is 44.8 Å². The van der Waals surface area contributed by atoms with Crippen LogP contribution in [0.4, 0.5) is 5.69 Å². The topological polar surface area (TPSA) is 50.8 Å². The summed E-state index contributed by atoms with van der Waals surface area (Å²) in [6, 6.07) is 5.88. The first kappa shape index (κ1) is 13.4. The normalized spacial score (nSPS) is 19.3. The smallest absolute Gasteiger partial charge is 0.224 e. The van der Waals surface area contributed by atoms with E-state index in [0.717, 1.165) is 56.3 Å². The van der Waals surface area contributed by atoms with Crippen molar-refractivity contribution >= 4 is 11.6 Å². The first-order chi connectivity index (χ1) is 9.81. The van der Waals surface area contributed by atoms with Crippen molar-refractivity contribution in [3.8, 4) is 5.75 Å². The molecular formula is C15H20N2O3. The number of ether oxygens (including phenoxy) is 2. The molecule has 2 aliphatic rings. The zero-order chi connectivity index (χ0) is 13.8. The molecule has 0 saturated carbocycles. The van der Waals surface area contributed by atoms with Gasteiger partial charge in [0.05, 0.1) is 13.2 Å². The Labute approximate surface area is 118 Å². The van der Waals surface area contributed by atoms with Crippen LogP contribution >= 0.6 is 0 Å². The second-order valence-electron chi connectivity index (χ2n) is 5.17. The maximum absolute atomic E-state index is 11.3. The number of aryl methyl sites for hydroxylation is 1. The van der Waals surface area contributed by atoms with Crippen LogP contribution in [-0.2, 0) is 16.0 Å². The summed E-state index contributed by atoms with van der Waals surface area (Å²) < 4.78 is 11.1. The number of anilines is 1. The summed E-state index contributed by atoms with van der Waals surface area (Å²) in [7, 11) is 0. The summed E-state index contributed by atoms with van der Waals surface area (Å²) in [4.78, 5) is 13.6. The van der Waals surface area contributed by atoms with Crippen LogP contribution in [0, 0.1) is 0 Å². The van der Waals surface area contributed by atoms with Gasteiger partial charge in [-0.2, -0.15) is 0 Å². The fourth-order valence-corrected chi connectivity index (χ4v) is 2.57. The molecular weight excluding hydrogens is 256 g/mol. The quantitative estimate of drug-likeness (QED) is 0.900. The van der Waals surface area contributed by atoms with Gasteiger partial charge in [-0.1, -0.05) is 0 Å². The largest absolute Gasteiger partial charge is 0.492 e. The molecule has 0 bridgehead atoms. The molecule has 5 nitrogen and oxygen atoms in total. The first-order valence-corrected chi connectivity index (χ1v) is 7.17. The highest BCUT2D eigenvalue weighted by atomic mass is 16.5. The van der Waals surface area contributed by atoms with E-state index in [0.29, 0.717) is 13.0 Å². The lowest BCUT2D eigenvalue weighted by Crippen LogP contribution is -2.38. The highest BCUT2D eigenvalue weighted by Crippen LogP contribution is 2.26. The Bertz CT molecular complexity index is 484. The Hall–Kier alpha value is -1.59. The van der Waals surface area contributed by atoms with Gasteiger partial charge in [-0.05, 0) is 30.2 Å². The van der Waals surface area contributed by atoms with Gasteiger partial charge in [0.15, 0.2) is 0 Å². The van der Waals surface area contributed by atoms with Crippen LogP contribution in [0.15, 0.2) is 18.2 Å². The maximum atomic E-state index is 11.3. The number of benzene rings is 1. The lowest BCUT2D eigenvalue weighted by atomic mass is 10.0. The fourth-order valence-electron chi connectivity index (χ4n) is 2.57. The Morgan fingerprint density at radius 3 is 2.95 bits per heavy atom. The maximum Gasteiger partial charge on any atom is 0.224 e. The van der Waals surface area contributed by atoms with Crippen LogP contribution in [0.25, 0.3) is 0 Å².